The molecule has 5 heteroatoms. The number of methoxy groups -OCH3 is 1. The number of pyridine rings is 1. The van der Waals surface area contributed by atoms with E-state index in [4.69, 9.17) is 4.74 Å². The van der Waals surface area contributed by atoms with E-state index < -0.39 is 0 Å². The van der Waals surface area contributed by atoms with Crippen LogP contribution in [0.15, 0.2) is 42.6 Å². The average Bonchev–Trinajstić information content (AvgIpc) is 2.98. The van der Waals surface area contributed by atoms with Crippen molar-refractivity contribution in [2.45, 2.75) is 51.0 Å². The molecule has 1 aromatic heterocycles. The molecule has 0 bridgehead atoms. The molecule has 2 N–H and O–H groups in total. The molecular weight excluding hydrogens is 338 g/mol. The number of carbonyl (C=O) groups excluding carboxylic acids is 1. The van der Waals surface area contributed by atoms with E-state index in [1.807, 2.05) is 30.3 Å². The third-order valence-electron chi connectivity index (χ3n) is 5.08. The minimum Gasteiger partial charge on any atom is -0.497 e. The van der Waals surface area contributed by atoms with Crippen LogP contribution < -0.4 is 15.4 Å². The number of ether oxygens (including phenoxy) is 1. The molecule has 1 aliphatic rings. The number of hydrogen-bond donors (Lipinski definition) is 2. The quantitative estimate of drug-likeness (QED) is 0.720. The predicted molar refractivity (Wildman–Crippen MR) is 108 cm³/mol. The molecule has 5 nitrogen and oxygen atoms in total. The van der Waals surface area contributed by atoms with Crippen LogP contribution in [0.4, 0.5) is 5.69 Å². The number of carbonyl (C=O) groups is 1. The summed E-state index contributed by atoms with van der Waals surface area (Å²) in [4.78, 5) is 16.6. The van der Waals surface area contributed by atoms with Gasteiger partial charge in [-0.25, -0.2) is 4.98 Å². The molecule has 1 aliphatic carbocycles. The first-order chi connectivity index (χ1) is 13.2. The maximum Gasteiger partial charge on any atom is 0.269 e. The second kappa shape index (κ2) is 9.95. The molecule has 1 heterocycles. The topological polar surface area (TPSA) is 63.2 Å². The fraction of sp³-hybridized carbons (Fsp3) is 0.455. The first kappa shape index (κ1) is 19.2. The van der Waals surface area contributed by atoms with Gasteiger partial charge in [-0.2, -0.15) is 0 Å². The maximum atomic E-state index is 12.3. The number of amides is 1. The lowest BCUT2D eigenvalue weighted by Gasteiger charge is -2.17. The fourth-order valence-electron chi connectivity index (χ4n) is 3.48. The van der Waals surface area contributed by atoms with E-state index in [-0.39, 0.29) is 5.91 Å². The molecule has 1 saturated carbocycles. The van der Waals surface area contributed by atoms with Gasteiger partial charge in [0, 0.05) is 12.6 Å². The van der Waals surface area contributed by atoms with Crippen LogP contribution in [0.1, 0.15) is 54.6 Å². The van der Waals surface area contributed by atoms with Gasteiger partial charge in [0.2, 0.25) is 0 Å². The Morgan fingerprint density at radius 3 is 2.44 bits per heavy atom. The van der Waals surface area contributed by atoms with E-state index in [1.54, 1.807) is 19.4 Å². The predicted octanol–water partition coefficient (Wildman–Crippen LogP) is 4.20. The Balaban J connectivity index is 1.45. The van der Waals surface area contributed by atoms with Gasteiger partial charge in [-0.1, -0.05) is 37.8 Å². The minimum atomic E-state index is -0.135. The maximum absolute atomic E-state index is 12.3. The van der Waals surface area contributed by atoms with Crippen LogP contribution in [-0.2, 0) is 6.42 Å². The van der Waals surface area contributed by atoms with Gasteiger partial charge in [-0.15, -0.1) is 0 Å². The van der Waals surface area contributed by atoms with Gasteiger partial charge >= 0.3 is 0 Å². The van der Waals surface area contributed by atoms with Crippen molar-refractivity contribution in [2.24, 2.45) is 0 Å². The van der Waals surface area contributed by atoms with Crippen LogP contribution in [0.2, 0.25) is 0 Å². The number of aromatic nitrogens is 1. The first-order valence-electron chi connectivity index (χ1n) is 9.88. The third-order valence-corrected chi connectivity index (χ3v) is 5.08. The lowest BCUT2D eigenvalue weighted by atomic mass is 10.1. The van der Waals surface area contributed by atoms with Crippen molar-refractivity contribution in [1.29, 1.82) is 0 Å². The van der Waals surface area contributed by atoms with Crippen molar-refractivity contribution in [1.82, 2.24) is 10.3 Å². The van der Waals surface area contributed by atoms with E-state index in [0.29, 0.717) is 18.3 Å². The molecule has 0 radical (unpaired) electrons. The highest BCUT2D eigenvalue weighted by atomic mass is 16.5. The highest BCUT2D eigenvalue weighted by molar-refractivity contribution is 5.92. The highest BCUT2D eigenvalue weighted by Gasteiger charge is 2.12. The Labute approximate surface area is 161 Å². The standard InChI is InChI=1S/C22H29N3O2/c1-27-20-11-8-17(9-12-20)14-15-23-22(26)21-13-10-19(16-24-21)25-18-6-4-2-3-5-7-18/h8-13,16,18,25H,2-7,14-15H2,1H3,(H,23,26). The molecule has 0 spiro atoms. The SMILES string of the molecule is COc1ccc(CCNC(=O)c2ccc(NC3CCCCCC3)cn2)cc1. The van der Waals surface area contributed by atoms with Crippen LogP contribution in [0.25, 0.3) is 0 Å². The van der Waals surface area contributed by atoms with Crippen molar-refractivity contribution < 1.29 is 9.53 Å². The fourth-order valence-corrected chi connectivity index (χ4v) is 3.48. The van der Waals surface area contributed by atoms with E-state index in [9.17, 15) is 4.79 Å². The Morgan fingerprint density at radius 2 is 1.81 bits per heavy atom. The van der Waals surface area contributed by atoms with Gasteiger partial charge in [0.25, 0.3) is 5.91 Å². The molecule has 27 heavy (non-hydrogen) atoms. The second-order valence-electron chi connectivity index (χ2n) is 7.12. The van der Waals surface area contributed by atoms with Crippen LogP contribution in [0.5, 0.6) is 5.75 Å². The molecule has 1 aromatic carbocycles. The van der Waals surface area contributed by atoms with Crippen molar-refractivity contribution in [3.8, 4) is 5.75 Å². The number of benzene rings is 1. The molecule has 2 aromatic rings. The monoisotopic (exact) mass is 367 g/mol. The molecular formula is C22H29N3O2. The number of nitrogens with zero attached hydrogens (tertiary/aromatic N) is 1. The van der Waals surface area contributed by atoms with E-state index in [2.05, 4.69) is 15.6 Å². The summed E-state index contributed by atoms with van der Waals surface area (Å²) in [5, 5.41) is 6.49. The van der Waals surface area contributed by atoms with Crippen LogP contribution in [0, 0.1) is 0 Å². The van der Waals surface area contributed by atoms with E-state index in [0.717, 1.165) is 23.4 Å². The second-order valence-corrected chi connectivity index (χ2v) is 7.12. The largest absolute Gasteiger partial charge is 0.497 e. The molecule has 3 rings (SSSR count). The molecule has 0 unspecified atom stereocenters. The smallest absolute Gasteiger partial charge is 0.269 e. The Bertz CT molecular complexity index is 705. The number of hydrogen-bond acceptors (Lipinski definition) is 4. The van der Waals surface area contributed by atoms with Crippen LogP contribution in [0.3, 0.4) is 0 Å². The van der Waals surface area contributed by atoms with Gasteiger partial charge < -0.3 is 15.4 Å². The Kier molecular flexibility index (Phi) is 7.08. The van der Waals surface area contributed by atoms with Crippen LogP contribution >= 0.6 is 0 Å². The molecule has 0 atom stereocenters. The summed E-state index contributed by atoms with van der Waals surface area (Å²) in [7, 11) is 1.65. The van der Waals surface area contributed by atoms with Crippen molar-refractivity contribution >= 4 is 11.6 Å². The molecule has 0 saturated heterocycles. The lowest BCUT2D eigenvalue weighted by molar-refractivity contribution is 0.0949. The van der Waals surface area contributed by atoms with E-state index in [1.165, 1.54) is 38.5 Å². The Morgan fingerprint density at radius 1 is 1.07 bits per heavy atom. The summed E-state index contributed by atoms with van der Waals surface area (Å²) in [6.07, 6.45) is 10.2. The highest BCUT2D eigenvalue weighted by Crippen LogP contribution is 2.20. The van der Waals surface area contributed by atoms with Gasteiger partial charge in [0.1, 0.15) is 11.4 Å². The summed E-state index contributed by atoms with van der Waals surface area (Å²) in [5.74, 6) is 0.703. The summed E-state index contributed by atoms with van der Waals surface area (Å²) >= 11 is 0. The summed E-state index contributed by atoms with van der Waals surface area (Å²) < 4.78 is 5.15. The van der Waals surface area contributed by atoms with Gasteiger partial charge in [-0.05, 0) is 49.1 Å². The zero-order valence-electron chi connectivity index (χ0n) is 16.0. The Hall–Kier alpha value is -2.56. The molecule has 1 fully saturated rings. The van der Waals surface area contributed by atoms with Crippen LogP contribution in [-0.4, -0.2) is 30.6 Å². The minimum absolute atomic E-state index is 0.135. The average molecular weight is 367 g/mol. The molecule has 144 valence electrons. The third kappa shape index (κ3) is 5.98. The van der Waals surface area contributed by atoms with Crippen molar-refractivity contribution in [3.63, 3.8) is 0 Å². The molecule has 0 aliphatic heterocycles. The molecule has 1 amide bonds. The van der Waals surface area contributed by atoms with Gasteiger partial charge in [0.05, 0.1) is 19.0 Å². The normalized spacial score (nSPS) is 15.0. The number of rotatable bonds is 7. The summed E-state index contributed by atoms with van der Waals surface area (Å²) in [6.45, 7) is 0.578. The van der Waals surface area contributed by atoms with Crippen molar-refractivity contribution in [3.05, 3.63) is 53.9 Å². The lowest BCUT2D eigenvalue weighted by Crippen LogP contribution is -2.26. The first-order valence-corrected chi connectivity index (χ1v) is 9.88. The number of nitrogens with one attached hydrogen (secondary N) is 2. The zero-order valence-corrected chi connectivity index (χ0v) is 16.0. The van der Waals surface area contributed by atoms with E-state index >= 15 is 0 Å². The summed E-state index contributed by atoms with van der Waals surface area (Å²) in [6, 6.07) is 12.2. The van der Waals surface area contributed by atoms with Crippen molar-refractivity contribution in [2.75, 3.05) is 19.0 Å². The summed E-state index contributed by atoms with van der Waals surface area (Å²) in [5.41, 5.74) is 2.61. The van der Waals surface area contributed by atoms with Gasteiger partial charge in [-0.3, -0.25) is 4.79 Å². The van der Waals surface area contributed by atoms with Gasteiger partial charge in [0.15, 0.2) is 0 Å². The number of anilines is 1. The zero-order chi connectivity index (χ0) is 18.9.